The molecule has 0 aromatic carbocycles. The van der Waals surface area contributed by atoms with Crippen molar-refractivity contribution in [2.75, 3.05) is 13.1 Å². The van der Waals surface area contributed by atoms with Crippen LogP contribution in [-0.2, 0) is 4.79 Å². The fourth-order valence-electron chi connectivity index (χ4n) is 0.895. The van der Waals surface area contributed by atoms with Crippen LogP contribution in [0, 0.1) is 0 Å². The zero-order chi connectivity index (χ0) is 5.98. The molecule has 0 spiro atoms. The minimum atomic E-state index is 0. The number of carbonyl (C=O) groups is 1. The van der Waals surface area contributed by atoms with Crippen LogP contribution in [0.3, 0.4) is 0 Å². The van der Waals surface area contributed by atoms with E-state index in [2.05, 4.69) is 0 Å². The van der Waals surface area contributed by atoms with Crippen molar-refractivity contribution >= 4 is 5.91 Å². The van der Waals surface area contributed by atoms with Gasteiger partial charge in [0, 0.05) is 0 Å². The van der Waals surface area contributed by atoms with Crippen LogP contribution in [0.1, 0.15) is 13.3 Å². The summed E-state index contributed by atoms with van der Waals surface area (Å²) in [5.74, 6) is 0.271. The second-order valence-corrected chi connectivity index (χ2v) is 1.90. The number of amides is 1. The Hall–Kier alpha value is -0.280. The fraction of sp³-hybridized carbons (Fsp3) is 0.800. The lowest BCUT2D eigenvalue weighted by atomic mass is 10.4. The topological polar surface area (TPSA) is 36.9 Å². The molecule has 1 rings (SSSR count). The SMILES string of the molecule is CCN1[NH2+]CCC1=O.[Cl-]. The number of hydrogen-bond donors (Lipinski definition) is 1. The number of rotatable bonds is 1. The van der Waals surface area contributed by atoms with Crippen molar-refractivity contribution in [3.63, 3.8) is 0 Å². The summed E-state index contributed by atoms with van der Waals surface area (Å²) >= 11 is 0. The van der Waals surface area contributed by atoms with Crippen LogP contribution >= 0.6 is 0 Å². The third-order valence-electron chi connectivity index (χ3n) is 1.37. The summed E-state index contributed by atoms with van der Waals surface area (Å²) in [4.78, 5) is 10.7. The van der Waals surface area contributed by atoms with E-state index in [1.54, 1.807) is 5.01 Å². The van der Waals surface area contributed by atoms with Crippen molar-refractivity contribution in [3.05, 3.63) is 0 Å². The molecule has 1 saturated heterocycles. The molecule has 0 aliphatic carbocycles. The summed E-state index contributed by atoms with van der Waals surface area (Å²) in [5.41, 5.74) is 1.96. The molecule has 3 nitrogen and oxygen atoms in total. The van der Waals surface area contributed by atoms with Crippen molar-refractivity contribution < 1.29 is 22.6 Å². The van der Waals surface area contributed by atoms with Crippen LogP contribution in [-0.4, -0.2) is 24.0 Å². The Labute approximate surface area is 60.8 Å². The van der Waals surface area contributed by atoms with Crippen molar-refractivity contribution in [1.82, 2.24) is 5.01 Å². The highest BCUT2D eigenvalue weighted by atomic mass is 35.5. The zero-order valence-corrected chi connectivity index (χ0v) is 6.19. The lowest BCUT2D eigenvalue weighted by molar-refractivity contribution is -0.771. The third-order valence-corrected chi connectivity index (χ3v) is 1.37. The molecule has 0 saturated carbocycles. The minimum absolute atomic E-state index is 0. The molecular weight excluding hydrogens is 140 g/mol. The summed E-state index contributed by atoms with van der Waals surface area (Å²) < 4.78 is 0. The quantitative estimate of drug-likeness (QED) is 0.298. The second kappa shape index (κ2) is 3.69. The molecule has 9 heavy (non-hydrogen) atoms. The van der Waals surface area contributed by atoms with E-state index < -0.39 is 0 Å². The van der Waals surface area contributed by atoms with Gasteiger partial charge in [-0.2, -0.15) is 5.01 Å². The molecule has 0 atom stereocenters. The minimum Gasteiger partial charge on any atom is -1.00 e. The Kier molecular flexibility index (Phi) is 3.58. The van der Waals surface area contributed by atoms with Crippen molar-refractivity contribution in [3.8, 4) is 0 Å². The van der Waals surface area contributed by atoms with E-state index in [9.17, 15) is 4.79 Å². The Morgan fingerprint density at radius 3 is 2.67 bits per heavy atom. The normalized spacial score (nSPS) is 17.9. The predicted octanol–water partition coefficient (Wildman–Crippen LogP) is -4.28. The van der Waals surface area contributed by atoms with Crippen LogP contribution in [0.5, 0.6) is 0 Å². The van der Waals surface area contributed by atoms with Gasteiger partial charge in [-0.3, -0.25) is 4.79 Å². The number of carbonyl (C=O) groups excluding carboxylic acids is 1. The van der Waals surface area contributed by atoms with Gasteiger partial charge in [-0.15, -0.1) is 0 Å². The second-order valence-electron chi connectivity index (χ2n) is 1.90. The van der Waals surface area contributed by atoms with Gasteiger partial charge in [-0.25, -0.2) is 5.43 Å². The Morgan fingerprint density at radius 2 is 2.44 bits per heavy atom. The summed E-state index contributed by atoms with van der Waals surface area (Å²) in [6.45, 7) is 3.76. The number of halogens is 1. The third kappa shape index (κ3) is 1.84. The molecule has 1 fully saturated rings. The lowest BCUT2D eigenvalue weighted by Crippen LogP contribution is -3.00. The van der Waals surface area contributed by atoms with Gasteiger partial charge >= 0.3 is 0 Å². The smallest absolute Gasteiger partial charge is 0.273 e. The van der Waals surface area contributed by atoms with Gasteiger partial charge in [0.1, 0.15) is 6.54 Å². The van der Waals surface area contributed by atoms with Gasteiger partial charge in [0.25, 0.3) is 5.91 Å². The molecule has 1 aliphatic heterocycles. The average molecular weight is 151 g/mol. The molecule has 0 radical (unpaired) electrons. The summed E-state index contributed by atoms with van der Waals surface area (Å²) in [5, 5.41) is 1.76. The van der Waals surface area contributed by atoms with E-state index in [0.29, 0.717) is 6.42 Å². The lowest BCUT2D eigenvalue weighted by Gasteiger charge is -2.05. The van der Waals surface area contributed by atoms with Gasteiger partial charge in [-0.1, -0.05) is 0 Å². The van der Waals surface area contributed by atoms with Crippen LogP contribution in [0.2, 0.25) is 0 Å². The molecule has 0 unspecified atom stereocenters. The highest BCUT2D eigenvalue weighted by Crippen LogP contribution is 1.87. The summed E-state index contributed by atoms with van der Waals surface area (Å²) in [7, 11) is 0. The van der Waals surface area contributed by atoms with E-state index in [0.717, 1.165) is 13.1 Å². The van der Waals surface area contributed by atoms with Crippen LogP contribution in [0.4, 0.5) is 0 Å². The molecule has 2 N–H and O–H groups in total. The molecule has 1 amide bonds. The van der Waals surface area contributed by atoms with Gasteiger partial charge in [0.2, 0.25) is 0 Å². The maximum atomic E-state index is 10.7. The first-order chi connectivity index (χ1) is 3.84. The maximum absolute atomic E-state index is 10.7. The predicted molar refractivity (Wildman–Crippen MR) is 28.8 cm³/mol. The molecule has 1 aliphatic rings. The van der Waals surface area contributed by atoms with Crippen molar-refractivity contribution in [2.24, 2.45) is 0 Å². The fourth-order valence-corrected chi connectivity index (χ4v) is 0.895. The first-order valence-corrected chi connectivity index (χ1v) is 2.97. The first-order valence-electron chi connectivity index (χ1n) is 2.97. The standard InChI is InChI=1S/C5H10N2O.ClH/c1-2-7-5(8)3-4-6-7;/h6H,2-4H2,1H3;1H. The monoisotopic (exact) mass is 150 g/mol. The largest absolute Gasteiger partial charge is 1.00 e. The van der Waals surface area contributed by atoms with Crippen LogP contribution in [0.25, 0.3) is 0 Å². The van der Waals surface area contributed by atoms with Crippen molar-refractivity contribution in [2.45, 2.75) is 13.3 Å². The molecule has 1 heterocycles. The Balaban J connectivity index is 0.000000640. The van der Waals surface area contributed by atoms with Gasteiger partial charge in [0.05, 0.1) is 13.0 Å². The first kappa shape index (κ1) is 8.72. The van der Waals surface area contributed by atoms with E-state index in [1.807, 2.05) is 12.3 Å². The average Bonchev–Trinajstić information content (AvgIpc) is 2.14. The maximum Gasteiger partial charge on any atom is 0.273 e. The molecule has 4 heteroatoms. The van der Waals surface area contributed by atoms with Gasteiger partial charge < -0.3 is 12.4 Å². The Bertz CT molecular complexity index is 107. The summed E-state index contributed by atoms with van der Waals surface area (Å²) in [6.07, 6.45) is 0.716. The van der Waals surface area contributed by atoms with E-state index in [1.165, 1.54) is 0 Å². The number of nitrogens with zero attached hydrogens (tertiary/aromatic N) is 1. The van der Waals surface area contributed by atoms with Gasteiger partial charge in [-0.05, 0) is 6.92 Å². The Morgan fingerprint density at radius 1 is 1.78 bits per heavy atom. The van der Waals surface area contributed by atoms with Crippen LogP contribution < -0.4 is 17.8 Å². The van der Waals surface area contributed by atoms with E-state index in [-0.39, 0.29) is 18.3 Å². The highest BCUT2D eigenvalue weighted by molar-refractivity contribution is 5.75. The molecule has 0 aromatic rings. The van der Waals surface area contributed by atoms with E-state index in [4.69, 9.17) is 0 Å². The van der Waals surface area contributed by atoms with E-state index >= 15 is 0 Å². The number of hydrogen-bond acceptors (Lipinski definition) is 1. The summed E-state index contributed by atoms with van der Waals surface area (Å²) in [6, 6.07) is 0. The van der Waals surface area contributed by atoms with Crippen LogP contribution in [0.15, 0.2) is 0 Å². The highest BCUT2D eigenvalue weighted by Gasteiger charge is 2.21. The number of nitrogens with two attached hydrogens (primary N) is 1. The van der Waals surface area contributed by atoms with Gasteiger partial charge in [0.15, 0.2) is 0 Å². The zero-order valence-electron chi connectivity index (χ0n) is 5.43. The number of quaternary nitrogens is 1. The van der Waals surface area contributed by atoms with Crippen molar-refractivity contribution in [1.29, 1.82) is 0 Å². The molecule has 0 aromatic heterocycles. The molecule has 0 bridgehead atoms. The molecular formula is C5H11ClN2O. The molecule has 54 valence electrons.